The van der Waals surface area contributed by atoms with Gasteiger partial charge in [0.15, 0.2) is 0 Å². The molecule has 0 saturated carbocycles. The first-order valence-electron chi connectivity index (χ1n) is 7.42. The monoisotopic (exact) mass is 298 g/mol. The van der Waals surface area contributed by atoms with Gasteiger partial charge < -0.3 is 10.8 Å². The Morgan fingerprint density at radius 2 is 1.85 bits per heavy atom. The third kappa shape index (κ3) is 5.41. The van der Waals surface area contributed by atoms with Crippen LogP contribution in [0.5, 0.6) is 0 Å². The number of aliphatic hydroxyl groups is 1. The van der Waals surface area contributed by atoms with Gasteiger partial charge in [0.25, 0.3) is 0 Å². The van der Waals surface area contributed by atoms with Crippen LogP contribution in [0.2, 0.25) is 5.02 Å². The van der Waals surface area contributed by atoms with Crippen molar-refractivity contribution in [3.63, 3.8) is 0 Å². The van der Waals surface area contributed by atoms with Crippen LogP contribution in [-0.4, -0.2) is 36.2 Å². The van der Waals surface area contributed by atoms with Gasteiger partial charge in [-0.25, -0.2) is 0 Å². The van der Waals surface area contributed by atoms with Gasteiger partial charge in [-0.05, 0) is 57.0 Å². The number of nitrogens with zero attached hydrogens (tertiary/aromatic N) is 1. The van der Waals surface area contributed by atoms with Crippen LogP contribution in [0, 0.1) is 0 Å². The topological polar surface area (TPSA) is 49.5 Å². The summed E-state index contributed by atoms with van der Waals surface area (Å²) in [5, 5.41) is 9.58. The van der Waals surface area contributed by atoms with E-state index in [-0.39, 0.29) is 18.7 Å². The van der Waals surface area contributed by atoms with Gasteiger partial charge in [-0.15, -0.1) is 0 Å². The molecule has 3 nitrogen and oxygen atoms in total. The van der Waals surface area contributed by atoms with Crippen LogP contribution < -0.4 is 5.73 Å². The van der Waals surface area contributed by atoms with Crippen LogP contribution >= 0.6 is 11.6 Å². The number of unbranched alkanes of at least 4 members (excludes halogenated alkanes) is 2. The van der Waals surface area contributed by atoms with Crippen molar-refractivity contribution in [2.75, 3.05) is 20.2 Å². The van der Waals surface area contributed by atoms with Gasteiger partial charge in [0.2, 0.25) is 0 Å². The van der Waals surface area contributed by atoms with E-state index in [1.165, 1.54) is 5.56 Å². The Labute approximate surface area is 127 Å². The van der Waals surface area contributed by atoms with E-state index in [0.717, 1.165) is 37.3 Å². The second-order valence-corrected chi connectivity index (χ2v) is 5.77. The summed E-state index contributed by atoms with van der Waals surface area (Å²) in [6.45, 7) is 3.38. The van der Waals surface area contributed by atoms with Crippen LogP contribution in [0.1, 0.15) is 44.2 Å². The van der Waals surface area contributed by atoms with E-state index in [1.54, 1.807) is 0 Å². The number of aliphatic hydroxyl groups excluding tert-OH is 1. The fourth-order valence-electron chi connectivity index (χ4n) is 2.50. The number of hydrogen-bond donors (Lipinski definition) is 2. The summed E-state index contributed by atoms with van der Waals surface area (Å²) in [7, 11) is 2.12. The molecular formula is C16H27ClN2O. The summed E-state index contributed by atoms with van der Waals surface area (Å²) in [5.41, 5.74) is 7.52. The molecular weight excluding hydrogens is 272 g/mol. The molecule has 0 amide bonds. The summed E-state index contributed by atoms with van der Waals surface area (Å²) in [4.78, 5) is 2.31. The molecule has 4 heteroatoms. The predicted octanol–water partition coefficient (Wildman–Crippen LogP) is 3.21. The molecule has 3 N–H and O–H groups in total. The molecule has 0 bridgehead atoms. The zero-order valence-electron chi connectivity index (χ0n) is 12.6. The molecule has 114 valence electrons. The Kier molecular flexibility index (Phi) is 8.15. The van der Waals surface area contributed by atoms with Gasteiger partial charge in [0.05, 0.1) is 0 Å². The minimum atomic E-state index is 0.110. The molecule has 1 aromatic carbocycles. The molecule has 2 atom stereocenters. The average Bonchev–Trinajstić information content (AvgIpc) is 2.45. The molecule has 0 aliphatic carbocycles. The number of nitrogens with two attached hydrogens (primary N) is 1. The highest BCUT2D eigenvalue weighted by atomic mass is 35.5. The van der Waals surface area contributed by atoms with Crippen molar-refractivity contribution in [2.45, 2.75) is 44.7 Å². The van der Waals surface area contributed by atoms with Gasteiger partial charge in [0.1, 0.15) is 0 Å². The summed E-state index contributed by atoms with van der Waals surface area (Å²) in [5.74, 6) is 0. The smallest absolute Gasteiger partial charge is 0.0496 e. The third-order valence-electron chi connectivity index (χ3n) is 3.73. The summed E-state index contributed by atoms with van der Waals surface area (Å²) in [6, 6.07) is 8.29. The lowest BCUT2D eigenvalue weighted by Crippen LogP contribution is -2.39. The standard InChI is InChI=1S/C16H27ClN2O/c1-3-15(18)16(13-7-9-14(17)10-8-13)19(2)11-5-4-6-12-20/h7-10,15-16,20H,3-6,11-12,18H2,1-2H3. The minimum Gasteiger partial charge on any atom is -0.396 e. The number of benzene rings is 1. The Hall–Kier alpha value is -0.610. The van der Waals surface area contributed by atoms with Crippen molar-refractivity contribution in [1.29, 1.82) is 0 Å². The fourth-order valence-corrected chi connectivity index (χ4v) is 2.63. The first kappa shape index (κ1) is 17.4. The minimum absolute atomic E-state index is 0.110. The van der Waals surface area contributed by atoms with E-state index in [0.29, 0.717) is 0 Å². The Morgan fingerprint density at radius 1 is 1.20 bits per heavy atom. The molecule has 1 rings (SSSR count). The molecule has 0 heterocycles. The third-order valence-corrected chi connectivity index (χ3v) is 3.98. The summed E-state index contributed by atoms with van der Waals surface area (Å²) < 4.78 is 0. The van der Waals surface area contributed by atoms with E-state index in [9.17, 15) is 0 Å². The second kappa shape index (κ2) is 9.35. The van der Waals surface area contributed by atoms with Crippen LogP contribution in [0.25, 0.3) is 0 Å². The van der Waals surface area contributed by atoms with E-state index in [2.05, 4.69) is 31.0 Å². The van der Waals surface area contributed by atoms with Crippen molar-refractivity contribution in [3.8, 4) is 0 Å². The van der Waals surface area contributed by atoms with Crippen molar-refractivity contribution in [1.82, 2.24) is 4.90 Å². The lowest BCUT2D eigenvalue weighted by Gasteiger charge is -2.33. The Bertz CT molecular complexity index is 369. The first-order chi connectivity index (χ1) is 9.60. The molecule has 20 heavy (non-hydrogen) atoms. The number of likely N-dealkylation sites (N-methyl/N-ethyl adjacent to an activating group) is 1. The number of halogens is 1. The zero-order chi connectivity index (χ0) is 15.0. The highest BCUT2D eigenvalue weighted by Gasteiger charge is 2.22. The summed E-state index contributed by atoms with van der Waals surface area (Å²) in [6.07, 6.45) is 3.95. The maximum absolute atomic E-state index is 8.82. The van der Waals surface area contributed by atoms with Crippen molar-refractivity contribution < 1.29 is 5.11 Å². The molecule has 0 spiro atoms. The van der Waals surface area contributed by atoms with Crippen molar-refractivity contribution in [2.24, 2.45) is 5.73 Å². The lowest BCUT2D eigenvalue weighted by atomic mass is 9.96. The quantitative estimate of drug-likeness (QED) is 0.688. The van der Waals surface area contributed by atoms with Crippen LogP contribution in [0.3, 0.4) is 0 Å². The Morgan fingerprint density at radius 3 is 2.40 bits per heavy atom. The van der Waals surface area contributed by atoms with E-state index in [4.69, 9.17) is 22.4 Å². The van der Waals surface area contributed by atoms with Crippen molar-refractivity contribution >= 4 is 11.6 Å². The maximum Gasteiger partial charge on any atom is 0.0496 e. The molecule has 0 aromatic heterocycles. The first-order valence-corrected chi connectivity index (χ1v) is 7.80. The molecule has 0 aliphatic rings. The van der Waals surface area contributed by atoms with E-state index >= 15 is 0 Å². The molecule has 0 fully saturated rings. The molecule has 2 unspecified atom stereocenters. The lowest BCUT2D eigenvalue weighted by molar-refractivity contribution is 0.202. The van der Waals surface area contributed by atoms with E-state index in [1.807, 2.05) is 12.1 Å². The van der Waals surface area contributed by atoms with Crippen LogP contribution in [0.4, 0.5) is 0 Å². The molecule has 1 aromatic rings. The van der Waals surface area contributed by atoms with Crippen molar-refractivity contribution in [3.05, 3.63) is 34.9 Å². The van der Waals surface area contributed by atoms with Gasteiger partial charge in [-0.3, -0.25) is 4.90 Å². The van der Waals surface area contributed by atoms with Gasteiger partial charge in [-0.1, -0.05) is 30.7 Å². The maximum atomic E-state index is 8.82. The predicted molar refractivity (Wildman–Crippen MR) is 86.0 cm³/mol. The van der Waals surface area contributed by atoms with Gasteiger partial charge in [0, 0.05) is 23.7 Å². The largest absolute Gasteiger partial charge is 0.396 e. The number of hydrogen-bond acceptors (Lipinski definition) is 3. The fraction of sp³-hybridized carbons (Fsp3) is 0.625. The SMILES string of the molecule is CCC(N)C(c1ccc(Cl)cc1)N(C)CCCCCO. The molecule has 0 saturated heterocycles. The molecule has 0 aliphatic heterocycles. The summed E-state index contributed by atoms with van der Waals surface area (Å²) >= 11 is 5.96. The molecule has 0 radical (unpaired) electrons. The van der Waals surface area contributed by atoms with Crippen LogP contribution in [0.15, 0.2) is 24.3 Å². The van der Waals surface area contributed by atoms with E-state index < -0.39 is 0 Å². The van der Waals surface area contributed by atoms with Gasteiger partial charge >= 0.3 is 0 Å². The average molecular weight is 299 g/mol. The highest BCUT2D eigenvalue weighted by molar-refractivity contribution is 6.30. The zero-order valence-corrected chi connectivity index (χ0v) is 13.3. The van der Waals surface area contributed by atoms with Crippen LogP contribution in [-0.2, 0) is 0 Å². The number of rotatable bonds is 9. The highest BCUT2D eigenvalue weighted by Crippen LogP contribution is 2.25. The normalized spacial score (nSPS) is 14.5. The Balaban J connectivity index is 2.70. The second-order valence-electron chi connectivity index (χ2n) is 5.33. The van der Waals surface area contributed by atoms with Gasteiger partial charge in [-0.2, -0.15) is 0 Å².